The van der Waals surface area contributed by atoms with Crippen LogP contribution >= 0.6 is 0 Å². The predicted molar refractivity (Wildman–Crippen MR) is 78.4 cm³/mol. The van der Waals surface area contributed by atoms with Crippen molar-refractivity contribution in [3.63, 3.8) is 0 Å². The van der Waals surface area contributed by atoms with Crippen LogP contribution in [0, 0.1) is 5.92 Å². The van der Waals surface area contributed by atoms with Gasteiger partial charge in [0, 0.05) is 6.54 Å². The highest BCUT2D eigenvalue weighted by Crippen LogP contribution is 2.21. The molecule has 0 spiro atoms. The summed E-state index contributed by atoms with van der Waals surface area (Å²) in [4.78, 5) is 13.6. The van der Waals surface area contributed by atoms with Crippen LogP contribution in [0.2, 0.25) is 0 Å². The number of aliphatic carboxylic acids is 1. The third kappa shape index (κ3) is 6.39. The van der Waals surface area contributed by atoms with Crippen molar-refractivity contribution < 1.29 is 9.90 Å². The maximum Gasteiger partial charge on any atom is 0.322 e. The molecule has 1 fully saturated rings. The zero-order chi connectivity index (χ0) is 14.1. The van der Waals surface area contributed by atoms with Gasteiger partial charge < -0.3 is 15.3 Å². The number of hydrogen-bond donors (Lipinski definition) is 2. The molecule has 2 unspecified atom stereocenters. The number of carbonyl (C=O) groups is 1. The minimum atomic E-state index is -0.720. The second-order valence-corrected chi connectivity index (χ2v) is 5.73. The molecule has 0 bridgehead atoms. The van der Waals surface area contributed by atoms with Crippen molar-refractivity contribution in [2.75, 3.05) is 26.2 Å². The van der Waals surface area contributed by atoms with E-state index >= 15 is 0 Å². The molecular formula is C15H30N2O2. The second-order valence-electron chi connectivity index (χ2n) is 5.73. The van der Waals surface area contributed by atoms with Crippen LogP contribution in [-0.2, 0) is 4.79 Å². The standard InChI is InChI=1S/C15H30N2O2/c1-3-6-13-7-5-10-17(11-8-13)12-14(15(18)19)16-9-4-2/h13-14,16H,3-12H2,1-2H3,(H,18,19). The average Bonchev–Trinajstić information content (AvgIpc) is 2.60. The van der Waals surface area contributed by atoms with Crippen LogP contribution in [0.1, 0.15) is 52.4 Å². The van der Waals surface area contributed by atoms with Crippen LogP contribution in [0.5, 0.6) is 0 Å². The summed E-state index contributed by atoms with van der Waals surface area (Å²) in [6.45, 7) is 7.85. The largest absolute Gasteiger partial charge is 0.480 e. The second kappa shape index (κ2) is 9.32. The first-order valence-electron chi connectivity index (χ1n) is 7.85. The molecule has 4 heteroatoms. The minimum Gasteiger partial charge on any atom is -0.480 e. The molecule has 0 aliphatic carbocycles. The SMILES string of the molecule is CCCNC(CN1CCCC(CCC)CC1)C(=O)O. The maximum atomic E-state index is 11.2. The van der Waals surface area contributed by atoms with Crippen LogP contribution in [0.4, 0.5) is 0 Å². The van der Waals surface area contributed by atoms with Crippen LogP contribution in [0.3, 0.4) is 0 Å². The summed E-state index contributed by atoms with van der Waals surface area (Å²) in [7, 11) is 0. The van der Waals surface area contributed by atoms with E-state index in [-0.39, 0.29) is 0 Å². The van der Waals surface area contributed by atoms with Crippen LogP contribution in [0.15, 0.2) is 0 Å². The van der Waals surface area contributed by atoms with Gasteiger partial charge in [0.2, 0.25) is 0 Å². The maximum absolute atomic E-state index is 11.2. The van der Waals surface area contributed by atoms with Gasteiger partial charge in [-0.15, -0.1) is 0 Å². The fourth-order valence-electron chi connectivity index (χ4n) is 2.91. The van der Waals surface area contributed by atoms with Crippen molar-refractivity contribution in [2.24, 2.45) is 5.92 Å². The molecule has 1 heterocycles. The Balaban J connectivity index is 2.39. The zero-order valence-electron chi connectivity index (χ0n) is 12.5. The van der Waals surface area contributed by atoms with Crippen molar-refractivity contribution in [3.8, 4) is 0 Å². The number of hydrogen-bond acceptors (Lipinski definition) is 3. The van der Waals surface area contributed by atoms with E-state index in [4.69, 9.17) is 0 Å². The lowest BCUT2D eigenvalue weighted by molar-refractivity contribution is -0.140. The molecule has 0 amide bonds. The lowest BCUT2D eigenvalue weighted by Crippen LogP contribution is -2.46. The lowest BCUT2D eigenvalue weighted by atomic mass is 9.96. The predicted octanol–water partition coefficient (Wildman–Crippen LogP) is 2.34. The van der Waals surface area contributed by atoms with E-state index in [1.54, 1.807) is 0 Å². The van der Waals surface area contributed by atoms with Gasteiger partial charge >= 0.3 is 5.97 Å². The average molecular weight is 270 g/mol. The number of rotatable bonds is 8. The van der Waals surface area contributed by atoms with E-state index in [1.165, 1.54) is 32.1 Å². The van der Waals surface area contributed by atoms with Gasteiger partial charge in [-0.05, 0) is 51.2 Å². The van der Waals surface area contributed by atoms with Gasteiger partial charge in [-0.2, -0.15) is 0 Å². The Morgan fingerprint density at radius 3 is 2.74 bits per heavy atom. The Bertz CT molecular complexity index is 259. The Morgan fingerprint density at radius 1 is 1.32 bits per heavy atom. The zero-order valence-corrected chi connectivity index (χ0v) is 12.5. The Kier molecular flexibility index (Phi) is 8.07. The van der Waals surface area contributed by atoms with Gasteiger partial charge in [0.25, 0.3) is 0 Å². The first kappa shape index (κ1) is 16.4. The van der Waals surface area contributed by atoms with E-state index in [0.29, 0.717) is 6.54 Å². The van der Waals surface area contributed by atoms with Gasteiger partial charge in [0.15, 0.2) is 0 Å². The van der Waals surface area contributed by atoms with Crippen molar-refractivity contribution in [3.05, 3.63) is 0 Å². The van der Waals surface area contributed by atoms with E-state index in [0.717, 1.165) is 32.0 Å². The molecule has 112 valence electrons. The van der Waals surface area contributed by atoms with Crippen LogP contribution in [-0.4, -0.2) is 48.2 Å². The Morgan fingerprint density at radius 2 is 2.11 bits per heavy atom. The van der Waals surface area contributed by atoms with Crippen molar-refractivity contribution in [1.29, 1.82) is 0 Å². The first-order chi connectivity index (χ1) is 9.17. The summed E-state index contributed by atoms with van der Waals surface area (Å²) < 4.78 is 0. The molecule has 0 saturated carbocycles. The Hall–Kier alpha value is -0.610. The van der Waals surface area contributed by atoms with Gasteiger partial charge in [-0.3, -0.25) is 4.79 Å². The van der Waals surface area contributed by atoms with E-state index in [2.05, 4.69) is 24.1 Å². The third-order valence-corrected chi connectivity index (χ3v) is 4.02. The highest BCUT2D eigenvalue weighted by atomic mass is 16.4. The molecule has 0 aromatic carbocycles. The molecule has 4 nitrogen and oxygen atoms in total. The van der Waals surface area contributed by atoms with Gasteiger partial charge in [-0.25, -0.2) is 0 Å². The number of carboxylic acid groups (broad SMARTS) is 1. The fraction of sp³-hybridized carbons (Fsp3) is 0.933. The molecule has 0 aromatic rings. The van der Waals surface area contributed by atoms with Crippen LogP contribution < -0.4 is 5.32 Å². The normalized spacial score (nSPS) is 22.9. The van der Waals surface area contributed by atoms with E-state index in [9.17, 15) is 9.90 Å². The van der Waals surface area contributed by atoms with Crippen molar-refractivity contribution >= 4 is 5.97 Å². The molecule has 1 aliphatic rings. The molecule has 1 saturated heterocycles. The summed E-state index contributed by atoms with van der Waals surface area (Å²) in [5.41, 5.74) is 0. The monoisotopic (exact) mass is 270 g/mol. The van der Waals surface area contributed by atoms with Crippen molar-refractivity contribution in [2.45, 2.75) is 58.4 Å². The highest BCUT2D eigenvalue weighted by molar-refractivity contribution is 5.73. The number of likely N-dealkylation sites (tertiary alicyclic amines) is 1. The molecule has 19 heavy (non-hydrogen) atoms. The van der Waals surface area contributed by atoms with Crippen molar-refractivity contribution in [1.82, 2.24) is 10.2 Å². The van der Waals surface area contributed by atoms with E-state index in [1.807, 2.05) is 0 Å². The number of nitrogens with zero attached hydrogens (tertiary/aromatic N) is 1. The molecule has 1 aliphatic heterocycles. The molecule has 2 N–H and O–H groups in total. The molecule has 0 radical (unpaired) electrons. The number of nitrogens with one attached hydrogen (secondary N) is 1. The molecule has 1 rings (SSSR count). The van der Waals surface area contributed by atoms with Crippen LogP contribution in [0.25, 0.3) is 0 Å². The molecule has 2 atom stereocenters. The summed E-state index contributed by atoms with van der Waals surface area (Å²) in [6.07, 6.45) is 7.32. The topological polar surface area (TPSA) is 52.6 Å². The third-order valence-electron chi connectivity index (χ3n) is 4.02. The van der Waals surface area contributed by atoms with Gasteiger partial charge in [0.1, 0.15) is 6.04 Å². The summed E-state index contributed by atoms with van der Waals surface area (Å²) >= 11 is 0. The van der Waals surface area contributed by atoms with Gasteiger partial charge in [0.05, 0.1) is 0 Å². The molecular weight excluding hydrogens is 240 g/mol. The fourth-order valence-corrected chi connectivity index (χ4v) is 2.91. The smallest absolute Gasteiger partial charge is 0.322 e. The summed E-state index contributed by atoms with van der Waals surface area (Å²) in [5.74, 6) is 0.129. The quantitative estimate of drug-likeness (QED) is 0.711. The minimum absolute atomic E-state index is 0.414. The van der Waals surface area contributed by atoms with Gasteiger partial charge in [-0.1, -0.05) is 26.7 Å². The lowest BCUT2D eigenvalue weighted by Gasteiger charge is -2.24. The summed E-state index contributed by atoms with van der Waals surface area (Å²) in [6, 6.07) is -0.414. The summed E-state index contributed by atoms with van der Waals surface area (Å²) in [5, 5.41) is 12.4. The highest BCUT2D eigenvalue weighted by Gasteiger charge is 2.22. The first-order valence-corrected chi connectivity index (χ1v) is 7.85. The number of carboxylic acids is 1. The Labute approximate surface area is 117 Å². The molecule has 0 aromatic heterocycles. The van der Waals surface area contributed by atoms with E-state index < -0.39 is 12.0 Å².